The molecule has 0 aliphatic heterocycles. The van der Waals surface area contributed by atoms with Gasteiger partial charge in [0.05, 0.1) is 11.8 Å². The second kappa shape index (κ2) is 6.72. The fourth-order valence-corrected chi connectivity index (χ4v) is 3.87. The Labute approximate surface area is 156 Å². The summed E-state index contributed by atoms with van der Waals surface area (Å²) in [6.45, 7) is 1.81. The molecule has 0 spiro atoms. The third-order valence-corrected chi connectivity index (χ3v) is 5.80. The molecule has 2 heterocycles. The maximum Gasteiger partial charge on any atom is 0.231 e. The molecule has 0 saturated heterocycles. The summed E-state index contributed by atoms with van der Waals surface area (Å²) in [5.41, 5.74) is 0.164. The van der Waals surface area contributed by atoms with Crippen molar-refractivity contribution in [1.82, 2.24) is 25.1 Å². The van der Waals surface area contributed by atoms with Gasteiger partial charge in [0.25, 0.3) is 0 Å². The predicted octanol–water partition coefficient (Wildman–Crippen LogP) is 2.58. The Morgan fingerprint density at radius 2 is 2.23 bits per heavy atom. The molecule has 1 atom stereocenters. The lowest BCUT2D eigenvalue weighted by Crippen LogP contribution is -2.47. The van der Waals surface area contributed by atoms with Crippen molar-refractivity contribution < 1.29 is 4.79 Å². The minimum Gasteiger partial charge on any atom is -0.337 e. The molecular formula is C18H20N6OS. The fourth-order valence-electron chi connectivity index (χ4n) is 3.07. The molecule has 0 radical (unpaired) electrons. The first-order chi connectivity index (χ1) is 12.6. The van der Waals surface area contributed by atoms with E-state index in [0.717, 1.165) is 42.2 Å². The van der Waals surface area contributed by atoms with Gasteiger partial charge in [0, 0.05) is 24.0 Å². The zero-order chi connectivity index (χ0) is 18.1. The summed E-state index contributed by atoms with van der Waals surface area (Å²) < 4.78 is 2.11. The number of hydrogen-bond donors (Lipinski definition) is 1. The van der Waals surface area contributed by atoms with Gasteiger partial charge >= 0.3 is 0 Å². The van der Waals surface area contributed by atoms with E-state index in [1.54, 1.807) is 19.3 Å². The van der Waals surface area contributed by atoms with Crippen molar-refractivity contribution in [2.75, 3.05) is 5.75 Å². The first kappa shape index (κ1) is 17.0. The molecule has 0 unspecified atom stereocenters. The first-order valence-electron chi connectivity index (χ1n) is 8.81. The van der Waals surface area contributed by atoms with Crippen LogP contribution in [0.15, 0.2) is 29.7 Å². The van der Waals surface area contributed by atoms with E-state index in [4.69, 9.17) is 0 Å². The van der Waals surface area contributed by atoms with Gasteiger partial charge in [-0.15, -0.1) is 10.2 Å². The van der Waals surface area contributed by atoms with Crippen molar-refractivity contribution >= 4 is 17.7 Å². The maximum atomic E-state index is 12.3. The van der Waals surface area contributed by atoms with Crippen LogP contribution in [0.3, 0.4) is 0 Å². The first-order valence-corrected chi connectivity index (χ1v) is 9.79. The molecule has 7 nitrogen and oxygen atoms in total. The molecular weight excluding hydrogens is 348 g/mol. The summed E-state index contributed by atoms with van der Waals surface area (Å²) >= 11 is 1.37. The van der Waals surface area contributed by atoms with E-state index >= 15 is 0 Å². The van der Waals surface area contributed by atoms with Crippen molar-refractivity contribution in [2.24, 2.45) is 5.92 Å². The molecule has 2 fully saturated rings. The van der Waals surface area contributed by atoms with Crippen molar-refractivity contribution in [1.29, 1.82) is 5.26 Å². The minimum atomic E-state index is -0.761. The molecule has 4 rings (SSSR count). The summed E-state index contributed by atoms with van der Waals surface area (Å²) in [7, 11) is 0. The summed E-state index contributed by atoms with van der Waals surface area (Å²) in [6.07, 6.45) is 7.70. The number of pyridine rings is 1. The van der Waals surface area contributed by atoms with Crippen LogP contribution in [0.5, 0.6) is 0 Å². The van der Waals surface area contributed by atoms with Gasteiger partial charge in [0.2, 0.25) is 5.91 Å². The lowest BCUT2D eigenvalue weighted by atomic mass is 9.98. The molecule has 0 aromatic carbocycles. The molecule has 2 aliphatic carbocycles. The summed E-state index contributed by atoms with van der Waals surface area (Å²) in [4.78, 5) is 16.5. The molecule has 2 aromatic rings. The number of nitrogens with one attached hydrogen (secondary N) is 1. The van der Waals surface area contributed by atoms with Crippen molar-refractivity contribution in [3.05, 3.63) is 24.5 Å². The molecule has 26 heavy (non-hydrogen) atoms. The molecule has 8 heteroatoms. The number of carbonyl (C=O) groups is 1. The lowest BCUT2D eigenvalue weighted by molar-refractivity contribution is -0.119. The molecule has 134 valence electrons. The van der Waals surface area contributed by atoms with Crippen molar-refractivity contribution in [3.63, 3.8) is 0 Å². The van der Waals surface area contributed by atoms with Crippen LogP contribution in [0.4, 0.5) is 0 Å². The van der Waals surface area contributed by atoms with Gasteiger partial charge in [-0.1, -0.05) is 11.8 Å². The van der Waals surface area contributed by atoms with Crippen LogP contribution in [0.1, 0.15) is 38.6 Å². The van der Waals surface area contributed by atoms with Crippen LogP contribution < -0.4 is 5.32 Å². The molecule has 2 aliphatic rings. The van der Waals surface area contributed by atoms with Gasteiger partial charge in [-0.05, 0) is 50.7 Å². The lowest BCUT2D eigenvalue weighted by Gasteiger charge is -2.22. The standard InChI is InChI=1S/C18H20N6OS/c1-18(11-19,13-4-5-13)21-15(25)10-26-17-23-22-16(24(17)14-6-7-14)12-3-2-8-20-9-12/h2-3,8-9,13-14H,4-7,10H2,1H3,(H,21,25)/t18-/m0/s1. The van der Waals surface area contributed by atoms with E-state index in [0.29, 0.717) is 6.04 Å². The highest BCUT2D eigenvalue weighted by Crippen LogP contribution is 2.41. The van der Waals surface area contributed by atoms with Crippen molar-refractivity contribution in [2.45, 2.75) is 49.3 Å². The van der Waals surface area contributed by atoms with E-state index in [9.17, 15) is 10.1 Å². The highest BCUT2D eigenvalue weighted by molar-refractivity contribution is 7.99. The highest BCUT2D eigenvalue weighted by atomic mass is 32.2. The monoisotopic (exact) mass is 368 g/mol. The number of thioether (sulfide) groups is 1. The second-order valence-electron chi connectivity index (χ2n) is 7.07. The van der Waals surface area contributed by atoms with Crippen LogP contribution in [0, 0.1) is 17.2 Å². The molecule has 1 N–H and O–H groups in total. The average molecular weight is 368 g/mol. The SMILES string of the molecule is C[C@@](C#N)(NC(=O)CSc1nnc(-c2cccnc2)n1C1CC1)C1CC1. The quantitative estimate of drug-likeness (QED) is 0.755. The zero-order valence-corrected chi connectivity index (χ0v) is 15.4. The predicted molar refractivity (Wildman–Crippen MR) is 97.1 cm³/mol. The van der Waals surface area contributed by atoms with E-state index in [1.807, 2.05) is 12.1 Å². The number of nitriles is 1. The topological polar surface area (TPSA) is 96.5 Å². The minimum absolute atomic E-state index is 0.140. The zero-order valence-electron chi connectivity index (χ0n) is 14.6. The fraction of sp³-hybridized carbons (Fsp3) is 0.500. The number of hydrogen-bond acceptors (Lipinski definition) is 6. The number of aromatic nitrogens is 4. The van der Waals surface area contributed by atoms with Gasteiger partial charge in [-0.25, -0.2) is 0 Å². The normalized spacial score (nSPS) is 18.8. The van der Waals surface area contributed by atoms with Gasteiger partial charge in [-0.2, -0.15) is 5.26 Å². The molecule has 0 bridgehead atoms. The third-order valence-electron chi connectivity index (χ3n) is 4.85. The van der Waals surface area contributed by atoms with Gasteiger partial charge < -0.3 is 5.32 Å². The Balaban J connectivity index is 1.46. The summed E-state index contributed by atoms with van der Waals surface area (Å²) in [6, 6.07) is 6.48. The molecule has 1 amide bonds. The maximum absolute atomic E-state index is 12.3. The number of rotatable bonds is 7. The van der Waals surface area contributed by atoms with Crippen LogP contribution >= 0.6 is 11.8 Å². The van der Waals surface area contributed by atoms with Gasteiger partial charge in [-0.3, -0.25) is 14.3 Å². The van der Waals surface area contributed by atoms with E-state index < -0.39 is 5.54 Å². The highest BCUT2D eigenvalue weighted by Gasteiger charge is 2.43. The Morgan fingerprint density at radius 3 is 2.85 bits per heavy atom. The van der Waals surface area contributed by atoms with Crippen LogP contribution in [-0.2, 0) is 4.79 Å². The average Bonchev–Trinajstić information content (AvgIpc) is 3.58. The molecule has 2 aromatic heterocycles. The van der Waals surface area contributed by atoms with Gasteiger partial charge in [0.1, 0.15) is 5.54 Å². The Kier molecular flexibility index (Phi) is 4.41. The van der Waals surface area contributed by atoms with Crippen LogP contribution in [0.2, 0.25) is 0 Å². The second-order valence-corrected chi connectivity index (χ2v) is 8.02. The third kappa shape index (κ3) is 3.44. The Hall–Kier alpha value is -2.40. The number of nitrogens with zero attached hydrogens (tertiary/aromatic N) is 5. The van der Waals surface area contributed by atoms with Gasteiger partial charge in [0.15, 0.2) is 11.0 Å². The van der Waals surface area contributed by atoms with Crippen LogP contribution in [-0.4, -0.2) is 36.9 Å². The molecule has 2 saturated carbocycles. The van der Waals surface area contributed by atoms with E-state index in [-0.39, 0.29) is 17.6 Å². The smallest absolute Gasteiger partial charge is 0.231 e. The Bertz CT molecular complexity index is 852. The number of amides is 1. The number of carbonyl (C=O) groups excluding carboxylic acids is 1. The van der Waals surface area contributed by atoms with Crippen molar-refractivity contribution in [3.8, 4) is 17.5 Å². The van der Waals surface area contributed by atoms with Crippen LogP contribution in [0.25, 0.3) is 11.4 Å². The van der Waals surface area contributed by atoms with E-state index in [2.05, 4.69) is 31.1 Å². The summed E-state index contributed by atoms with van der Waals surface area (Å²) in [5.74, 6) is 1.15. The van der Waals surface area contributed by atoms with E-state index in [1.165, 1.54) is 11.8 Å². The summed E-state index contributed by atoms with van der Waals surface area (Å²) in [5, 5.41) is 21.6. The Morgan fingerprint density at radius 1 is 1.42 bits per heavy atom. The largest absolute Gasteiger partial charge is 0.337 e.